The maximum absolute atomic E-state index is 12.7. The summed E-state index contributed by atoms with van der Waals surface area (Å²) in [7, 11) is 0. The zero-order valence-corrected chi connectivity index (χ0v) is 7.86. The van der Waals surface area contributed by atoms with Crippen molar-refractivity contribution in [3.05, 3.63) is 0 Å². The number of hydrogen-bond donors (Lipinski definition) is 1. The lowest BCUT2D eigenvalue weighted by Gasteiger charge is -2.29. The van der Waals surface area contributed by atoms with Crippen molar-refractivity contribution in [2.75, 3.05) is 0 Å². The minimum atomic E-state index is -2.58. The Kier molecular flexibility index (Phi) is 3.11. The first-order valence-corrected chi connectivity index (χ1v) is 4.67. The largest absolute Gasteiger partial charge is 0.368 e. The summed E-state index contributed by atoms with van der Waals surface area (Å²) in [4.78, 5) is 10.7. The number of halogens is 3. The molecule has 5 heteroatoms. The van der Waals surface area contributed by atoms with Gasteiger partial charge in [-0.25, -0.2) is 8.78 Å². The molecule has 0 aromatic heterocycles. The van der Waals surface area contributed by atoms with Crippen LogP contribution in [0.2, 0.25) is 0 Å². The average molecular weight is 212 g/mol. The predicted octanol–water partition coefficient (Wildman–Crippen LogP) is 1.90. The number of alkyl halides is 3. The maximum atomic E-state index is 12.7. The Morgan fingerprint density at radius 3 is 2.31 bits per heavy atom. The molecule has 1 unspecified atom stereocenters. The lowest BCUT2D eigenvalue weighted by molar-refractivity contribution is -0.119. The van der Waals surface area contributed by atoms with Crippen LogP contribution in [-0.2, 0) is 4.79 Å². The summed E-state index contributed by atoms with van der Waals surface area (Å²) in [6.07, 6.45) is 0.191. The zero-order chi connectivity index (χ0) is 10.1. The summed E-state index contributed by atoms with van der Waals surface area (Å²) in [6, 6.07) is 0. The fourth-order valence-corrected chi connectivity index (χ4v) is 1.84. The minimum Gasteiger partial charge on any atom is -0.368 e. The van der Waals surface area contributed by atoms with E-state index in [0.717, 1.165) is 0 Å². The Balaban J connectivity index is 2.45. The molecular weight excluding hydrogens is 200 g/mol. The molecule has 2 N–H and O–H groups in total. The standard InChI is InChI=1S/C8H12ClF2NO/c9-6(7(12)13)5-1-3-8(10,11)4-2-5/h5-6H,1-4H2,(H2,12,13). The molecule has 0 radical (unpaired) electrons. The fraction of sp³-hybridized carbons (Fsp3) is 0.875. The second-order valence-electron chi connectivity index (χ2n) is 3.50. The molecule has 76 valence electrons. The first-order valence-electron chi connectivity index (χ1n) is 4.23. The van der Waals surface area contributed by atoms with Gasteiger partial charge in [0.05, 0.1) is 0 Å². The van der Waals surface area contributed by atoms with Gasteiger partial charge in [-0.05, 0) is 18.8 Å². The number of hydrogen-bond acceptors (Lipinski definition) is 1. The molecule has 13 heavy (non-hydrogen) atoms. The van der Waals surface area contributed by atoms with Gasteiger partial charge in [-0.2, -0.15) is 0 Å². The summed E-state index contributed by atoms with van der Waals surface area (Å²) in [6.45, 7) is 0. The zero-order valence-electron chi connectivity index (χ0n) is 7.10. The monoisotopic (exact) mass is 211 g/mol. The van der Waals surface area contributed by atoms with E-state index in [1.54, 1.807) is 0 Å². The van der Waals surface area contributed by atoms with E-state index in [9.17, 15) is 13.6 Å². The smallest absolute Gasteiger partial charge is 0.248 e. The number of carbonyl (C=O) groups excluding carboxylic acids is 1. The van der Waals surface area contributed by atoms with E-state index in [1.165, 1.54) is 0 Å². The summed E-state index contributed by atoms with van der Waals surface area (Å²) < 4.78 is 25.4. The average Bonchev–Trinajstić information content (AvgIpc) is 2.03. The summed E-state index contributed by atoms with van der Waals surface area (Å²) >= 11 is 5.67. The first kappa shape index (κ1) is 10.7. The van der Waals surface area contributed by atoms with Crippen molar-refractivity contribution in [3.8, 4) is 0 Å². The molecule has 0 aliphatic heterocycles. The molecule has 1 aliphatic rings. The third kappa shape index (κ3) is 2.79. The number of amides is 1. The fourth-order valence-electron chi connectivity index (χ4n) is 1.59. The summed E-state index contributed by atoms with van der Waals surface area (Å²) in [5.41, 5.74) is 4.98. The molecule has 1 amide bonds. The SMILES string of the molecule is NC(=O)C(Cl)C1CCC(F)(F)CC1. The molecule has 0 aromatic carbocycles. The molecule has 0 saturated heterocycles. The predicted molar refractivity (Wildman–Crippen MR) is 45.7 cm³/mol. The van der Waals surface area contributed by atoms with Crippen LogP contribution in [0.4, 0.5) is 8.78 Å². The number of primary amides is 1. The highest BCUT2D eigenvalue weighted by Gasteiger charge is 2.38. The van der Waals surface area contributed by atoms with Crippen LogP contribution in [0.5, 0.6) is 0 Å². The van der Waals surface area contributed by atoms with Crippen molar-refractivity contribution in [3.63, 3.8) is 0 Å². The molecule has 2 nitrogen and oxygen atoms in total. The second-order valence-corrected chi connectivity index (χ2v) is 3.97. The van der Waals surface area contributed by atoms with Gasteiger partial charge in [0.1, 0.15) is 5.38 Å². The van der Waals surface area contributed by atoms with E-state index < -0.39 is 17.2 Å². The molecule has 0 heterocycles. The molecule has 0 spiro atoms. The third-order valence-corrected chi connectivity index (χ3v) is 3.02. The molecule has 0 bridgehead atoms. The van der Waals surface area contributed by atoms with Crippen LogP contribution in [0, 0.1) is 5.92 Å². The van der Waals surface area contributed by atoms with E-state index in [0.29, 0.717) is 0 Å². The van der Waals surface area contributed by atoms with Crippen LogP contribution >= 0.6 is 11.6 Å². The molecule has 1 saturated carbocycles. The van der Waals surface area contributed by atoms with Crippen LogP contribution in [0.15, 0.2) is 0 Å². The van der Waals surface area contributed by atoms with Crippen molar-refractivity contribution in [1.29, 1.82) is 0 Å². The highest BCUT2D eigenvalue weighted by atomic mass is 35.5. The highest BCUT2D eigenvalue weighted by molar-refractivity contribution is 6.30. The molecule has 1 atom stereocenters. The molecular formula is C8H12ClF2NO. The Bertz CT molecular complexity index is 200. The highest BCUT2D eigenvalue weighted by Crippen LogP contribution is 2.38. The van der Waals surface area contributed by atoms with Crippen molar-refractivity contribution >= 4 is 17.5 Å². The first-order chi connectivity index (χ1) is 5.92. The third-order valence-electron chi connectivity index (χ3n) is 2.45. The van der Waals surface area contributed by atoms with Crippen molar-refractivity contribution in [1.82, 2.24) is 0 Å². The van der Waals surface area contributed by atoms with Crippen LogP contribution in [-0.4, -0.2) is 17.2 Å². The number of rotatable bonds is 2. The van der Waals surface area contributed by atoms with Crippen molar-refractivity contribution in [2.45, 2.75) is 37.0 Å². The van der Waals surface area contributed by atoms with Crippen molar-refractivity contribution in [2.24, 2.45) is 11.7 Å². The van der Waals surface area contributed by atoms with Gasteiger partial charge in [0, 0.05) is 12.8 Å². The van der Waals surface area contributed by atoms with Gasteiger partial charge >= 0.3 is 0 Å². The lowest BCUT2D eigenvalue weighted by Crippen LogP contribution is -2.35. The quantitative estimate of drug-likeness (QED) is 0.697. The van der Waals surface area contributed by atoms with Crippen LogP contribution in [0.25, 0.3) is 0 Å². The molecule has 1 fully saturated rings. The minimum absolute atomic E-state index is 0.182. The van der Waals surface area contributed by atoms with E-state index in [2.05, 4.69) is 0 Å². The Hall–Kier alpha value is -0.380. The van der Waals surface area contributed by atoms with E-state index >= 15 is 0 Å². The maximum Gasteiger partial charge on any atom is 0.248 e. The van der Waals surface area contributed by atoms with Crippen LogP contribution < -0.4 is 5.73 Å². The van der Waals surface area contributed by atoms with Gasteiger partial charge in [-0.15, -0.1) is 11.6 Å². The lowest BCUT2D eigenvalue weighted by atomic mass is 9.84. The van der Waals surface area contributed by atoms with Gasteiger partial charge in [0.25, 0.3) is 0 Å². The van der Waals surface area contributed by atoms with Gasteiger partial charge in [0.15, 0.2) is 0 Å². The normalized spacial score (nSPS) is 25.5. The Morgan fingerprint density at radius 1 is 1.46 bits per heavy atom. The topological polar surface area (TPSA) is 43.1 Å². The summed E-state index contributed by atoms with van der Waals surface area (Å²) in [5, 5.41) is -0.795. The van der Waals surface area contributed by atoms with Gasteiger partial charge in [-0.3, -0.25) is 4.79 Å². The Morgan fingerprint density at radius 2 is 1.92 bits per heavy atom. The van der Waals surface area contributed by atoms with E-state index in [-0.39, 0.29) is 31.6 Å². The van der Waals surface area contributed by atoms with Gasteiger partial charge in [0.2, 0.25) is 11.8 Å². The molecule has 0 aromatic rings. The van der Waals surface area contributed by atoms with E-state index in [1.807, 2.05) is 0 Å². The number of nitrogens with two attached hydrogens (primary N) is 1. The van der Waals surface area contributed by atoms with Gasteiger partial charge in [-0.1, -0.05) is 0 Å². The second kappa shape index (κ2) is 3.78. The van der Waals surface area contributed by atoms with Crippen LogP contribution in [0.3, 0.4) is 0 Å². The molecule has 1 rings (SSSR count). The number of carbonyl (C=O) groups is 1. The van der Waals surface area contributed by atoms with E-state index in [4.69, 9.17) is 17.3 Å². The molecule has 1 aliphatic carbocycles. The van der Waals surface area contributed by atoms with Crippen molar-refractivity contribution < 1.29 is 13.6 Å². The van der Waals surface area contributed by atoms with Gasteiger partial charge < -0.3 is 5.73 Å². The summed E-state index contributed by atoms with van der Waals surface area (Å²) in [5.74, 6) is -3.37. The van der Waals surface area contributed by atoms with Crippen LogP contribution in [0.1, 0.15) is 25.7 Å². The Labute approximate surface area is 80.4 Å².